The third-order valence-electron chi connectivity index (χ3n) is 3.52. The van der Waals surface area contributed by atoms with Crippen molar-refractivity contribution in [3.63, 3.8) is 0 Å². The summed E-state index contributed by atoms with van der Waals surface area (Å²) < 4.78 is 15.0. The molecule has 21 heavy (non-hydrogen) atoms. The fourth-order valence-corrected chi connectivity index (χ4v) is 2.49. The van der Waals surface area contributed by atoms with E-state index in [1.807, 2.05) is 30.5 Å². The minimum Gasteiger partial charge on any atom is -0.368 e. The lowest BCUT2D eigenvalue weighted by Crippen LogP contribution is -2.08. The smallest absolute Gasteiger partial charge is 0.155 e. The molecule has 3 aromatic rings. The van der Waals surface area contributed by atoms with Gasteiger partial charge in [-0.1, -0.05) is 24.3 Å². The van der Waals surface area contributed by atoms with Crippen LogP contribution < -0.4 is 0 Å². The van der Waals surface area contributed by atoms with E-state index in [0.29, 0.717) is 6.54 Å². The van der Waals surface area contributed by atoms with Gasteiger partial charge in [-0.15, -0.1) is 0 Å². The van der Waals surface area contributed by atoms with E-state index in [4.69, 9.17) is 10.2 Å². The highest BCUT2D eigenvalue weighted by molar-refractivity contribution is 5.81. The highest BCUT2D eigenvalue weighted by Gasteiger charge is 2.06. The van der Waals surface area contributed by atoms with Crippen LogP contribution in [-0.4, -0.2) is 21.1 Å². The average Bonchev–Trinajstić information content (AvgIpc) is 2.83. The molecule has 2 N–H and O–H groups in total. The fourth-order valence-electron chi connectivity index (χ4n) is 2.49. The zero-order valence-electron chi connectivity index (χ0n) is 11.4. The van der Waals surface area contributed by atoms with Gasteiger partial charge in [-0.2, -0.15) is 0 Å². The van der Waals surface area contributed by atoms with Gasteiger partial charge in [-0.25, -0.2) is 4.39 Å². The molecule has 0 amide bonds. The molecule has 0 atom stereocenters. The molecular formula is C17H16FNO2. The van der Waals surface area contributed by atoms with Gasteiger partial charge in [-0.05, 0) is 40.8 Å². The molecule has 3 rings (SSSR count). The van der Waals surface area contributed by atoms with Gasteiger partial charge in [0.15, 0.2) is 6.29 Å². The van der Waals surface area contributed by atoms with Crippen LogP contribution in [0.2, 0.25) is 0 Å². The predicted molar refractivity (Wildman–Crippen MR) is 79.4 cm³/mol. The maximum absolute atomic E-state index is 12.9. The van der Waals surface area contributed by atoms with Crippen LogP contribution >= 0.6 is 0 Å². The molecule has 0 bridgehead atoms. The number of nitrogens with zero attached hydrogens (tertiary/aromatic N) is 1. The van der Waals surface area contributed by atoms with E-state index in [-0.39, 0.29) is 12.2 Å². The van der Waals surface area contributed by atoms with E-state index in [0.717, 1.165) is 22.0 Å². The number of fused-ring (bicyclic) bond motifs is 1. The third kappa shape index (κ3) is 3.12. The largest absolute Gasteiger partial charge is 0.368 e. The summed E-state index contributed by atoms with van der Waals surface area (Å²) in [5.41, 5.74) is 2.91. The Morgan fingerprint density at radius 2 is 1.67 bits per heavy atom. The highest BCUT2D eigenvalue weighted by Crippen LogP contribution is 2.20. The lowest BCUT2D eigenvalue weighted by molar-refractivity contribution is -0.0381. The number of halogens is 1. The van der Waals surface area contributed by atoms with Gasteiger partial charge in [0.05, 0.1) is 0 Å². The van der Waals surface area contributed by atoms with Crippen molar-refractivity contribution in [2.45, 2.75) is 19.3 Å². The average molecular weight is 285 g/mol. The molecule has 0 saturated heterocycles. The first kappa shape index (κ1) is 13.8. The van der Waals surface area contributed by atoms with E-state index in [1.54, 1.807) is 12.1 Å². The van der Waals surface area contributed by atoms with Crippen LogP contribution in [0.3, 0.4) is 0 Å². The SMILES string of the molecule is OC(O)Cc1ccc2ccn(Cc3ccc(F)cc3)c2c1. The Morgan fingerprint density at radius 1 is 0.952 bits per heavy atom. The Labute approximate surface area is 121 Å². The summed E-state index contributed by atoms with van der Waals surface area (Å²) in [6.07, 6.45) is 0.841. The lowest BCUT2D eigenvalue weighted by Gasteiger charge is -2.08. The zero-order chi connectivity index (χ0) is 14.8. The van der Waals surface area contributed by atoms with Crippen molar-refractivity contribution in [3.05, 3.63) is 71.7 Å². The van der Waals surface area contributed by atoms with Crippen LogP contribution in [0.4, 0.5) is 4.39 Å². The zero-order valence-corrected chi connectivity index (χ0v) is 11.4. The Kier molecular flexibility index (Phi) is 3.73. The van der Waals surface area contributed by atoms with Crippen molar-refractivity contribution >= 4 is 10.9 Å². The fraction of sp³-hybridized carbons (Fsp3) is 0.176. The molecule has 3 nitrogen and oxygen atoms in total. The summed E-state index contributed by atoms with van der Waals surface area (Å²) in [7, 11) is 0. The van der Waals surface area contributed by atoms with E-state index in [2.05, 4.69) is 4.57 Å². The summed E-state index contributed by atoms with van der Waals surface area (Å²) in [6.45, 7) is 0.648. The standard InChI is InChI=1S/C17H16FNO2/c18-15-5-2-12(3-6-15)11-19-8-7-14-4-1-13(9-16(14)19)10-17(20)21/h1-9,17,20-21H,10-11H2. The molecule has 2 aromatic carbocycles. The second-order valence-corrected chi connectivity index (χ2v) is 5.15. The molecule has 0 aliphatic carbocycles. The first-order valence-corrected chi connectivity index (χ1v) is 6.80. The molecule has 0 spiro atoms. The van der Waals surface area contributed by atoms with E-state index in [9.17, 15) is 4.39 Å². The monoisotopic (exact) mass is 285 g/mol. The Hall–Kier alpha value is -2.17. The summed E-state index contributed by atoms with van der Waals surface area (Å²) in [6, 6.07) is 14.3. The predicted octanol–water partition coefficient (Wildman–Crippen LogP) is 2.68. The molecule has 4 heteroatoms. The number of aliphatic hydroxyl groups is 2. The molecule has 0 fully saturated rings. The minimum absolute atomic E-state index is 0.206. The molecular weight excluding hydrogens is 269 g/mol. The molecule has 0 unspecified atom stereocenters. The van der Waals surface area contributed by atoms with Gasteiger partial charge < -0.3 is 14.8 Å². The van der Waals surface area contributed by atoms with Crippen molar-refractivity contribution in [1.82, 2.24) is 4.57 Å². The summed E-state index contributed by atoms with van der Waals surface area (Å²) >= 11 is 0. The van der Waals surface area contributed by atoms with Crippen molar-refractivity contribution < 1.29 is 14.6 Å². The second kappa shape index (κ2) is 5.68. The van der Waals surface area contributed by atoms with Crippen molar-refractivity contribution in [1.29, 1.82) is 0 Å². The van der Waals surface area contributed by atoms with Gasteiger partial charge in [0.25, 0.3) is 0 Å². The van der Waals surface area contributed by atoms with Crippen molar-refractivity contribution in [3.8, 4) is 0 Å². The first-order valence-electron chi connectivity index (χ1n) is 6.80. The van der Waals surface area contributed by atoms with Crippen LogP contribution in [0.15, 0.2) is 54.7 Å². The number of benzene rings is 2. The quantitative estimate of drug-likeness (QED) is 0.724. The number of rotatable bonds is 4. The summed E-state index contributed by atoms with van der Waals surface area (Å²) in [5, 5.41) is 19.2. The molecule has 0 aliphatic heterocycles. The Morgan fingerprint density at radius 3 is 2.38 bits per heavy atom. The molecule has 0 saturated carbocycles. The minimum atomic E-state index is -1.34. The number of aliphatic hydroxyl groups excluding tert-OH is 1. The molecule has 0 radical (unpaired) electrons. The number of hydrogen-bond acceptors (Lipinski definition) is 2. The van der Waals surface area contributed by atoms with Crippen LogP contribution in [0.1, 0.15) is 11.1 Å². The molecule has 0 aliphatic rings. The molecule has 1 heterocycles. The van der Waals surface area contributed by atoms with Crippen LogP contribution in [0.5, 0.6) is 0 Å². The Balaban J connectivity index is 1.92. The van der Waals surface area contributed by atoms with Crippen molar-refractivity contribution in [2.24, 2.45) is 0 Å². The highest BCUT2D eigenvalue weighted by atomic mass is 19.1. The van der Waals surface area contributed by atoms with Crippen LogP contribution in [-0.2, 0) is 13.0 Å². The van der Waals surface area contributed by atoms with Gasteiger partial charge in [0.1, 0.15) is 5.82 Å². The maximum Gasteiger partial charge on any atom is 0.155 e. The normalized spacial score (nSPS) is 11.4. The number of hydrogen-bond donors (Lipinski definition) is 2. The lowest BCUT2D eigenvalue weighted by atomic mass is 10.1. The maximum atomic E-state index is 12.9. The van der Waals surface area contributed by atoms with Gasteiger partial charge in [0, 0.05) is 24.7 Å². The summed E-state index contributed by atoms with van der Waals surface area (Å²) in [4.78, 5) is 0. The first-order chi connectivity index (χ1) is 10.1. The number of aromatic nitrogens is 1. The summed E-state index contributed by atoms with van der Waals surface area (Å²) in [5.74, 6) is -0.240. The van der Waals surface area contributed by atoms with Gasteiger partial charge in [-0.3, -0.25) is 0 Å². The third-order valence-corrected chi connectivity index (χ3v) is 3.52. The van der Waals surface area contributed by atoms with E-state index < -0.39 is 6.29 Å². The molecule has 1 aromatic heterocycles. The van der Waals surface area contributed by atoms with E-state index in [1.165, 1.54) is 12.1 Å². The Bertz CT molecular complexity index is 747. The van der Waals surface area contributed by atoms with Crippen molar-refractivity contribution in [2.75, 3.05) is 0 Å². The second-order valence-electron chi connectivity index (χ2n) is 5.15. The van der Waals surface area contributed by atoms with Gasteiger partial charge in [0.2, 0.25) is 0 Å². The topological polar surface area (TPSA) is 45.4 Å². The van der Waals surface area contributed by atoms with Crippen LogP contribution in [0.25, 0.3) is 10.9 Å². The van der Waals surface area contributed by atoms with E-state index >= 15 is 0 Å². The van der Waals surface area contributed by atoms with Gasteiger partial charge >= 0.3 is 0 Å². The molecule has 108 valence electrons. The van der Waals surface area contributed by atoms with Crippen LogP contribution in [0, 0.1) is 5.82 Å².